The molecule has 4 rings (SSSR count). The van der Waals surface area contributed by atoms with Crippen LogP contribution in [0.25, 0.3) is 11.4 Å². The zero-order valence-electron chi connectivity index (χ0n) is 11.6. The minimum absolute atomic E-state index is 0.0369. The van der Waals surface area contributed by atoms with Gasteiger partial charge in [0.2, 0.25) is 0 Å². The lowest BCUT2D eigenvalue weighted by Crippen LogP contribution is -2.41. The minimum atomic E-state index is -0.705. The number of aromatic nitrogens is 2. The highest BCUT2D eigenvalue weighted by Crippen LogP contribution is 2.32. The molecule has 0 radical (unpaired) electrons. The van der Waals surface area contributed by atoms with Crippen LogP contribution in [0.5, 0.6) is 5.75 Å². The minimum Gasteiger partial charge on any atom is -0.493 e. The number of rotatable bonds is 4. The number of aromatic amines is 1. The van der Waals surface area contributed by atoms with Crippen molar-refractivity contribution in [1.29, 1.82) is 0 Å². The molecule has 0 atom stereocenters. The lowest BCUT2D eigenvalue weighted by atomic mass is 10.2. The Bertz CT molecular complexity index is 944. The van der Waals surface area contributed by atoms with E-state index in [0.29, 0.717) is 29.7 Å². The Morgan fingerprint density at radius 3 is 2.82 bits per heavy atom. The van der Waals surface area contributed by atoms with E-state index in [1.165, 1.54) is 12.8 Å². The Morgan fingerprint density at radius 1 is 1.18 bits per heavy atom. The molecular formula is C15H12N4O3. The maximum Gasteiger partial charge on any atom is 0.370 e. The molecule has 0 bridgehead atoms. The maximum absolute atomic E-state index is 12.0. The smallest absolute Gasteiger partial charge is 0.370 e. The van der Waals surface area contributed by atoms with Crippen molar-refractivity contribution in [2.24, 2.45) is 15.9 Å². The summed E-state index contributed by atoms with van der Waals surface area (Å²) in [7, 11) is 0. The van der Waals surface area contributed by atoms with E-state index in [0.717, 1.165) is 0 Å². The summed E-state index contributed by atoms with van der Waals surface area (Å²) >= 11 is 0. The molecule has 2 aliphatic rings. The third-order valence-corrected chi connectivity index (χ3v) is 3.60. The van der Waals surface area contributed by atoms with Crippen molar-refractivity contribution in [2.45, 2.75) is 12.8 Å². The van der Waals surface area contributed by atoms with Gasteiger partial charge in [0.25, 0.3) is 5.56 Å². The molecular weight excluding hydrogens is 284 g/mol. The zero-order valence-corrected chi connectivity index (χ0v) is 11.6. The topological polar surface area (TPSA) is 96.8 Å². The molecule has 1 N–H and O–H groups in total. The molecule has 1 aliphatic carbocycles. The standard InChI is InChI=1S/C15H12N4O3/c20-14-11-13(19-15(21)16-11)17-12(18-14)9-3-1-2-4-10(9)22-7-8-5-6-8/h1-4,8H,5-7H2,(H,17,18,19,20,21). The Kier molecular flexibility index (Phi) is 2.85. The van der Waals surface area contributed by atoms with Crippen LogP contribution in [-0.4, -0.2) is 22.6 Å². The second-order valence-corrected chi connectivity index (χ2v) is 5.34. The van der Waals surface area contributed by atoms with Gasteiger partial charge >= 0.3 is 6.03 Å². The number of nitrogens with one attached hydrogen (secondary N) is 1. The lowest BCUT2D eigenvalue weighted by Gasteiger charge is -2.10. The van der Waals surface area contributed by atoms with E-state index in [2.05, 4.69) is 20.0 Å². The number of urea groups is 1. The number of ether oxygens (including phenoxy) is 1. The van der Waals surface area contributed by atoms with Crippen LogP contribution in [0.3, 0.4) is 0 Å². The Morgan fingerprint density at radius 2 is 2.00 bits per heavy atom. The van der Waals surface area contributed by atoms with Crippen molar-refractivity contribution in [3.63, 3.8) is 0 Å². The van der Waals surface area contributed by atoms with Crippen LogP contribution >= 0.6 is 0 Å². The summed E-state index contributed by atoms with van der Waals surface area (Å²) in [6, 6.07) is 6.63. The molecule has 0 saturated heterocycles. The number of carbonyl (C=O) groups excluding carboxylic acids is 1. The number of fused-ring (bicyclic) bond motifs is 1. The van der Waals surface area contributed by atoms with Crippen molar-refractivity contribution in [3.05, 3.63) is 45.5 Å². The van der Waals surface area contributed by atoms with Crippen molar-refractivity contribution >= 4 is 6.03 Å². The number of hydrogen-bond acceptors (Lipinski definition) is 4. The SMILES string of the molecule is O=C1N=c2nc(-c3ccccc3OCC3CC3)[nH]c(=O)c2=N1. The van der Waals surface area contributed by atoms with Crippen LogP contribution in [0.15, 0.2) is 39.0 Å². The van der Waals surface area contributed by atoms with Crippen LogP contribution in [0.1, 0.15) is 12.8 Å². The highest BCUT2D eigenvalue weighted by molar-refractivity contribution is 5.77. The highest BCUT2D eigenvalue weighted by Gasteiger charge is 2.23. The van der Waals surface area contributed by atoms with Crippen LogP contribution in [-0.2, 0) is 0 Å². The van der Waals surface area contributed by atoms with Crippen molar-refractivity contribution in [1.82, 2.24) is 9.97 Å². The van der Waals surface area contributed by atoms with Gasteiger partial charge in [0.15, 0.2) is 10.8 Å². The van der Waals surface area contributed by atoms with Gasteiger partial charge in [-0.1, -0.05) is 12.1 Å². The second kappa shape index (κ2) is 4.87. The first-order chi connectivity index (χ1) is 10.7. The van der Waals surface area contributed by atoms with Gasteiger partial charge in [0, 0.05) is 0 Å². The number of para-hydroxylation sites is 1. The summed E-state index contributed by atoms with van der Waals surface area (Å²) < 4.78 is 5.81. The molecule has 1 fully saturated rings. The lowest BCUT2D eigenvalue weighted by molar-refractivity contribution is 0.256. The second-order valence-electron chi connectivity index (χ2n) is 5.34. The Labute approximate surface area is 124 Å². The van der Waals surface area contributed by atoms with Crippen LogP contribution < -0.4 is 21.1 Å². The summed E-state index contributed by atoms with van der Waals surface area (Å²) in [6.07, 6.45) is 2.39. The molecule has 7 heteroatoms. The third kappa shape index (κ3) is 2.30. The predicted molar refractivity (Wildman–Crippen MR) is 76.2 cm³/mol. The molecule has 110 valence electrons. The van der Waals surface area contributed by atoms with E-state index in [4.69, 9.17) is 4.74 Å². The number of benzene rings is 1. The molecule has 7 nitrogen and oxygen atoms in total. The molecule has 22 heavy (non-hydrogen) atoms. The average Bonchev–Trinajstić information content (AvgIpc) is 3.26. The first-order valence-corrected chi connectivity index (χ1v) is 7.04. The molecule has 0 unspecified atom stereocenters. The fraction of sp³-hybridized carbons (Fsp3) is 0.267. The van der Waals surface area contributed by atoms with Gasteiger partial charge in [-0.2, -0.15) is 9.98 Å². The van der Waals surface area contributed by atoms with E-state index in [9.17, 15) is 9.59 Å². The quantitative estimate of drug-likeness (QED) is 0.893. The van der Waals surface area contributed by atoms with Crippen molar-refractivity contribution in [3.8, 4) is 17.1 Å². The van der Waals surface area contributed by atoms with Gasteiger partial charge in [-0.3, -0.25) is 4.79 Å². The summed E-state index contributed by atoms with van der Waals surface area (Å²) in [5.74, 6) is 1.59. The summed E-state index contributed by atoms with van der Waals surface area (Å²) in [4.78, 5) is 37.2. The average molecular weight is 296 g/mol. The molecule has 1 saturated carbocycles. The number of nitrogens with zero attached hydrogens (tertiary/aromatic N) is 3. The highest BCUT2D eigenvalue weighted by atomic mass is 16.5. The Balaban J connectivity index is 1.80. The molecule has 2 heterocycles. The summed E-state index contributed by atoms with van der Waals surface area (Å²) in [5.41, 5.74) is 0.241. The Hall–Kier alpha value is -2.83. The van der Waals surface area contributed by atoms with Gasteiger partial charge in [-0.15, -0.1) is 0 Å². The summed E-state index contributed by atoms with van der Waals surface area (Å²) in [6.45, 7) is 0.657. The van der Waals surface area contributed by atoms with Crippen LogP contribution in [0.4, 0.5) is 4.79 Å². The van der Waals surface area contributed by atoms with E-state index < -0.39 is 11.6 Å². The van der Waals surface area contributed by atoms with Gasteiger partial charge < -0.3 is 9.72 Å². The van der Waals surface area contributed by atoms with E-state index in [1.807, 2.05) is 18.2 Å². The maximum atomic E-state index is 12.0. The fourth-order valence-corrected chi connectivity index (χ4v) is 2.25. The fourth-order valence-electron chi connectivity index (χ4n) is 2.25. The van der Waals surface area contributed by atoms with Crippen molar-refractivity contribution in [2.75, 3.05) is 6.61 Å². The van der Waals surface area contributed by atoms with E-state index >= 15 is 0 Å². The van der Waals surface area contributed by atoms with E-state index in [1.54, 1.807) is 6.07 Å². The summed E-state index contributed by atoms with van der Waals surface area (Å²) in [5, 5.41) is -0.0369. The largest absolute Gasteiger partial charge is 0.493 e. The van der Waals surface area contributed by atoms with E-state index in [-0.39, 0.29) is 10.8 Å². The van der Waals surface area contributed by atoms with Gasteiger partial charge in [0.1, 0.15) is 11.6 Å². The predicted octanol–water partition coefficient (Wildman–Crippen LogP) is 0.598. The van der Waals surface area contributed by atoms with Crippen LogP contribution in [0.2, 0.25) is 0 Å². The van der Waals surface area contributed by atoms with Crippen molar-refractivity contribution < 1.29 is 9.53 Å². The first kappa shape index (κ1) is 12.9. The van der Waals surface area contributed by atoms with Gasteiger partial charge in [-0.05, 0) is 30.9 Å². The number of amides is 2. The normalized spacial score (nSPS) is 15.9. The molecule has 0 spiro atoms. The first-order valence-electron chi connectivity index (χ1n) is 7.04. The molecule has 2 aromatic rings. The number of carbonyl (C=O) groups is 1. The third-order valence-electron chi connectivity index (χ3n) is 3.60. The zero-order chi connectivity index (χ0) is 15.1. The van der Waals surface area contributed by atoms with Crippen LogP contribution in [0, 0.1) is 5.92 Å². The number of H-pyrrole nitrogens is 1. The molecule has 1 aliphatic heterocycles. The molecule has 1 aromatic heterocycles. The van der Waals surface area contributed by atoms with Gasteiger partial charge in [0.05, 0.1) is 12.2 Å². The monoisotopic (exact) mass is 296 g/mol. The van der Waals surface area contributed by atoms with Gasteiger partial charge in [-0.25, -0.2) is 9.78 Å². The molecule has 1 aromatic carbocycles. The molecule has 2 amide bonds. The number of hydrogen-bond donors (Lipinski definition) is 1.